The predicted octanol–water partition coefficient (Wildman–Crippen LogP) is 3.83. The number of hydrogen-bond acceptors (Lipinski definition) is 3. The fourth-order valence-electron chi connectivity index (χ4n) is 1.54. The molecule has 0 aliphatic carbocycles. The number of halogens is 2. The minimum Gasteiger partial charge on any atom is -0.263 e. The van der Waals surface area contributed by atoms with Crippen LogP contribution in [0, 0.1) is 6.92 Å². The molecule has 2 aromatic rings. The fourth-order valence-corrected chi connectivity index (χ4v) is 2.09. The zero-order valence-corrected chi connectivity index (χ0v) is 11.9. The third-order valence-corrected chi connectivity index (χ3v) is 3.29. The average molecular weight is 313 g/mol. The Morgan fingerprint density at radius 2 is 2.06 bits per heavy atom. The van der Waals surface area contributed by atoms with E-state index in [2.05, 4.69) is 37.8 Å². The molecular weight excluding hydrogens is 302 g/mol. The van der Waals surface area contributed by atoms with E-state index in [-0.39, 0.29) is 0 Å². The highest BCUT2D eigenvalue weighted by atomic mass is 79.9. The van der Waals surface area contributed by atoms with E-state index in [0.717, 1.165) is 27.7 Å². The second-order valence-electron chi connectivity index (χ2n) is 3.66. The molecule has 0 aliphatic rings. The van der Waals surface area contributed by atoms with Crippen LogP contribution >= 0.6 is 27.5 Å². The monoisotopic (exact) mass is 311 g/mol. The van der Waals surface area contributed by atoms with Gasteiger partial charge in [0, 0.05) is 33.7 Å². The lowest BCUT2D eigenvalue weighted by Crippen LogP contribution is -1.99. The van der Waals surface area contributed by atoms with Crippen LogP contribution in [0.1, 0.15) is 18.2 Å². The first-order valence-electron chi connectivity index (χ1n) is 5.25. The van der Waals surface area contributed by atoms with Gasteiger partial charge in [0.2, 0.25) is 0 Å². The molecule has 0 amide bonds. The number of aryl methyl sites for hydroxylation is 1. The van der Waals surface area contributed by atoms with E-state index in [9.17, 15) is 0 Å². The molecule has 5 heteroatoms. The molecule has 17 heavy (non-hydrogen) atoms. The van der Waals surface area contributed by atoms with Gasteiger partial charge < -0.3 is 0 Å². The summed E-state index contributed by atoms with van der Waals surface area (Å²) in [6.07, 6.45) is 4.29. The van der Waals surface area contributed by atoms with Gasteiger partial charge in [-0.3, -0.25) is 4.98 Å². The summed E-state index contributed by atoms with van der Waals surface area (Å²) in [6.45, 7) is 3.98. The van der Waals surface area contributed by atoms with Crippen LogP contribution in [0.5, 0.6) is 0 Å². The molecule has 0 atom stereocenters. The van der Waals surface area contributed by atoms with Crippen LogP contribution < -0.4 is 0 Å². The standard InChI is InChI=1S/C12H11BrClN3/c1-3-10-7(2)11(14)17-12(16-10)8-4-9(13)6-15-5-8/h4-6H,3H2,1-2H3. The zero-order chi connectivity index (χ0) is 12.4. The van der Waals surface area contributed by atoms with Crippen LogP contribution in [-0.4, -0.2) is 15.0 Å². The average Bonchev–Trinajstić information content (AvgIpc) is 2.32. The Balaban J connectivity index is 2.56. The van der Waals surface area contributed by atoms with Gasteiger partial charge in [-0.1, -0.05) is 18.5 Å². The number of nitrogens with zero attached hydrogens (tertiary/aromatic N) is 3. The molecule has 0 saturated heterocycles. The third-order valence-electron chi connectivity index (χ3n) is 2.49. The summed E-state index contributed by atoms with van der Waals surface area (Å²) in [5.41, 5.74) is 2.77. The molecule has 0 radical (unpaired) electrons. The second kappa shape index (κ2) is 5.10. The van der Waals surface area contributed by atoms with Crippen molar-refractivity contribution in [3.05, 3.63) is 39.3 Å². The van der Waals surface area contributed by atoms with Crippen LogP contribution in [0.15, 0.2) is 22.9 Å². The molecule has 0 unspecified atom stereocenters. The van der Waals surface area contributed by atoms with Gasteiger partial charge in [-0.05, 0) is 35.3 Å². The number of rotatable bonds is 2. The van der Waals surface area contributed by atoms with E-state index in [1.165, 1.54) is 0 Å². The Bertz CT molecular complexity index is 557. The van der Waals surface area contributed by atoms with E-state index >= 15 is 0 Å². The lowest BCUT2D eigenvalue weighted by atomic mass is 10.2. The van der Waals surface area contributed by atoms with Crippen molar-refractivity contribution in [3.63, 3.8) is 0 Å². The van der Waals surface area contributed by atoms with Gasteiger partial charge in [0.25, 0.3) is 0 Å². The molecule has 0 saturated carbocycles. The molecule has 88 valence electrons. The molecule has 0 bridgehead atoms. The van der Waals surface area contributed by atoms with Crippen molar-refractivity contribution in [2.24, 2.45) is 0 Å². The molecule has 2 rings (SSSR count). The first-order chi connectivity index (χ1) is 8.11. The number of aromatic nitrogens is 3. The topological polar surface area (TPSA) is 38.7 Å². The summed E-state index contributed by atoms with van der Waals surface area (Å²) >= 11 is 9.48. The SMILES string of the molecule is CCc1nc(-c2cncc(Br)c2)nc(Cl)c1C. The second-order valence-corrected chi connectivity index (χ2v) is 4.93. The largest absolute Gasteiger partial charge is 0.263 e. The Morgan fingerprint density at radius 1 is 1.29 bits per heavy atom. The fraction of sp³-hybridized carbons (Fsp3) is 0.250. The summed E-state index contributed by atoms with van der Waals surface area (Å²) in [5, 5.41) is 0.506. The van der Waals surface area contributed by atoms with Gasteiger partial charge in [-0.15, -0.1) is 0 Å². The van der Waals surface area contributed by atoms with Crippen molar-refractivity contribution >= 4 is 27.5 Å². The Labute approximate surface area is 113 Å². The smallest absolute Gasteiger partial charge is 0.162 e. The quantitative estimate of drug-likeness (QED) is 0.791. The van der Waals surface area contributed by atoms with Crippen LogP contribution in [0.3, 0.4) is 0 Å². The predicted molar refractivity (Wildman–Crippen MR) is 72.1 cm³/mol. The van der Waals surface area contributed by atoms with Crippen LogP contribution in [0.2, 0.25) is 5.15 Å². The number of hydrogen-bond donors (Lipinski definition) is 0. The molecule has 2 heterocycles. The summed E-state index contributed by atoms with van der Waals surface area (Å²) < 4.78 is 0.897. The van der Waals surface area contributed by atoms with Gasteiger partial charge >= 0.3 is 0 Å². The van der Waals surface area contributed by atoms with Crippen molar-refractivity contribution in [1.29, 1.82) is 0 Å². The van der Waals surface area contributed by atoms with E-state index < -0.39 is 0 Å². The summed E-state index contributed by atoms with van der Waals surface area (Å²) in [5.74, 6) is 0.617. The molecule has 0 spiro atoms. The zero-order valence-electron chi connectivity index (χ0n) is 9.54. The van der Waals surface area contributed by atoms with Crippen LogP contribution in [0.4, 0.5) is 0 Å². The first kappa shape index (κ1) is 12.5. The van der Waals surface area contributed by atoms with Crippen molar-refractivity contribution in [1.82, 2.24) is 15.0 Å². The van der Waals surface area contributed by atoms with Crippen molar-refractivity contribution in [2.75, 3.05) is 0 Å². The van der Waals surface area contributed by atoms with Gasteiger partial charge in [0.1, 0.15) is 5.15 Å². The Hall–Kier alpha value is -1.00. The van der Waals surface area contributed by atoms with Crippen molar-refractivity contribution in [2.45, 2.75) is 20.3 Å². The summed E-state index contributed by atoms with van der Waals surface area (Å²) in [7, 11) is 0. The van der Waals surface area contributed by atoms with Crippen molar-refractivity contribution in [3.8, 4) is 11.4 Å². The van der Waals surface area contributed by atoms with Crippen LogP contribution in [-0.2, 0) is 6.42 Å². The maximum atomic E-state index is 6.10. The maximum absolute atomic E-state index is 6.10. The lowest BCUT2D eigenvalue weighted by Gasteiger charge is -2.07. The van der Waals surface area contributed by atoms with E-state index in [0.29, 0.717) is 11.0 Å². The molecule has 2 aromatic heterocycles. The van der Waals surface area contributed by atoms with Gasteiger partial charge in [-0.2, -0.15) is 0 Å². The summed E-state index contributed by atoms with van der Waals surface area (Å²) in [4.78, 5) is 12.9. The molecule has 0 aromatic carbocycles. The lowest BCUT2D eigenvalue weighted by molar-refractivity contribution is 0.975. The van der Waals surface area contributed by atoms with E-state index in [1.54, 1.807) is 12.4 Å². The van der Waals surface area contributed by atoms with E-state index in [4.69, 9.17) is 11.6 Å². The molecule has 0 aliphatic heterocycles. The molecule has 3 nitrogen and oxygen atoms in total. The number of pyridine rings is 1. The molecule has 0 fully saturated rings. The minimum atomic E-state index is 0.506. The minimum absolute atomic E-state index is 0.506. The van der Waals surface area contributed by atoms with Crippen LogP contribution in [0.25, 0.3) is 11.4 Å². The highest BCUT2D eigenvalue weighted by molar-refractivity contribution is 9.10. The normalized spacial score (nSPS) is 10.6. The van der Waals surface area contributed by atoms with Gasteiger partial charge in [0.15, 0.2) is 5.82 Å². The van der Waals surface area contributed by atoms with Gasteiger partial charge in [0.05, 0.1) is 0 Å². The Morgan fingerprint density at radius 3 is 2.71 bits per heavy atom. The first-order valence-corrected chi connectivity index (χ1v) is 6.43. The van der Waals surface area contributed by atoms with E-state index in [1.807, 2.05) is 13.0 Å². The maximum Gasteiger partial charge on any atom is 0.162 e. The third kappa shape index (κ3) is 2.64. The highest BCUT2D eigenvalue weighted by Gasteiger charge is 2.10. The highest BCUT2D eigenvalue weighted by Crippen LogP contribution is 2.23. The molecule has 0 N–H and O–H groups in total. The summed E-state index contributed by atoms with van der Waals surface area (Å²) in [6, 6.07) is 1.92. The van der Waals surface area contributed by atoms with Crippen molar-refractivity contribution < 1.29 is 0 Å². The Kier molecular flexibility index (Phi) is 3.74. The molecular formula is C12H11BrClN3. The van der Waals surface area contributed by atoms with Gasteiger partial charge in [-0.25, -0.2) is 9.97 Å².